The van der Waals surface area contributed by atoms with Crippen LogP contribution < -0.4 is 0 Å². The van der Waals surface area contributed by atoms with E-state index in [0.29, 0.717) is 26.2 Å². The number of carboxylic acids is 1. The predicted molar refractivity (Wildman–Crippen MR) is 75.6 cm³/mol. The number of carboxylic acid groups (broad SMARTS) is 1. The summed E-state index contributed by atoms with van der Waals surface area (Å²) in [5.74, 6) is -0.803. The van der Waals surface area contributed by atoms with Gasteiger partial charge in [0.2, 0.25) is 0 Å². The Balaban J connectivity index is 1.84. The van der Waals surface area contributed by atoms with Gasteiger partial charge in [-0.2, -0.15) is 0 Å². The number of hydrogen-bond donors (Lipinski definition) is 1. The topological polar surface area (TPSA) is 64.1 Å². The molecule has 0 bridgehead atoms. The number of piperazine rings is 1. The van der Waals surface area contributed by atoms with E-state index in [2.05, 4.69) is 13.8 Å². The van der Waals surface area contributed by atoms with Crippen molar-refractivity contribution in [2.45, 2.75) is 26.7 Å². The first kappa shape index (κ1) is 15.1. The molecule has 0 aliphatic carbocycles. The highest BCUT2D eigenvalue weighted by atomic mass is 16.4. The first-order chi connectivity index (χ1) is 9.37. The van der Waals surface area contributed by atoms with Crippen molar-refractivity contribution in [3.63, 3.8) is 0 Å². The number of likely N-dealkylation sites (tertiary alicyclic amines) is 1. The van der Waals surface area contributed by atoms with Crippen molar-refractivity contribution < 1.29 is 14.7 Å². The van der Waals surface area contributed by atoms with Crippen LogP contribution in [0.1, 0.15) is 26.7 Å². The highest BCUT2D eigenvalue weighted by molar-refractivity contribution is 5.75. The average molecular weight is 283 g/mol. The monoisotopic (exact) mass is 283 g/mol. The van der Waals surface area contributed by atoms with Crippen LogP contribution in [0.2, 0.25) is 0 Å². The molecule has 114 valence electrons. The lowest BCUT2D eigenvalue weighted by atomic mass is 9.84. The third kappa shape index (κ3) is 3.85. The summed E-state index contributed by atoms with van der Waals surface area (Å²) in [6, 6.07) is 0.118. The third-order valence-electron chi connectivity index (χ3n) is 4.17. The van der Waals surface area contributed by atoms with Gasteiger partial charge in [0.05, 0.1) is 6.54 Å². The minimum Gasteiger partial charge on any atom is -0.480 e. The molecule has 0 unspecified atom stereocenters. The summed E-state index contributed by atoms with van der Waals surface area (Å²) in [4.78, 5) is 28.9. The van der Waals surface area contributed by atoms with Crippen molar-refractivity contribution in [1.82, 2.24) is 14.7 Å². The Bertz CT molecular complexity index is 376. The number of carbonyl (C=O) groups is 2. The van der Waals surface area contributed by atoms with Crippen LogP contribution in [0.3, 0.4) is 0 Å². The smallest absolute Gasteiger partial charge is 0.320 e. The molecule has 2 rings (SSSR count). The van der Waals surface area contributed by atoms with Crippen molar-refractivity contribution in [3.05, 3.63) is 0 Å². The number of hydrogen-bond acceptors (Lipinski definition) is 3. The van der Waals surface area contributed by atoms with E-state index < -0.39 is 5.97 Å². The second-order valence-electron chi connectivity index (χ2n) is 6.63. The van der Waals surface area contributed by atoms with Gasteiger partial charge in [-0.05, 0) is 18.3 Å². The van der Waals surface area contributed by atoms with E-state index in [-0.39, 0.29) is 18.0 Å². The molecule has 6 nitrogen and oxygen atoms in total. The minimum absolute atomic E-state index is 0.0682. The standard InChI is InChI=1S/C14H25N3O3/c1-14(2)4-3-5-17(11-14)13(20)16-8-6-15(7-9-16)10-12(18)19/h3-11H2,1-2H3,(H,18,19). The fourth-order valence-corrected chi connectivity index (χ4v) is 3.08. The first-order valence-electron chi connectivity index (χ1n) is 7.35. The number of piperidine rings is 1. The molecular formula is C14H25N3O3. The van der Waals surface area contributed by atoms with Crippen molar-refractivity contribution in [3.8, 4) is 0 Å². The van der Waals surface area contributed by atoms with E-state index in [4.69, 9.17) is 5.11 Å². The molecule has 2 amide bonds. The third-order valence-corrected chi connectivity index (χ3v) is 4.17. The minimum atomic E-state index is -0.803. The number of rotatable bonds is 2. The van der Waals surface area contributed by atoms with E-state index >= 15 is 0 Å². The summed E-state index contributed by atoms with van der Waals surface area (Å²) in [5.41, 5.74) is 0.207. The maximum atomic E-state index is 12.5. The molecule has 2 aliphatic heterocycles. The van der Waals surface area contributed by atoms with Crippen LogP contribution in [0.25, 0.3) is 0 Å². The van der Waals surface area contributed by atoms with E-state index in [0.717, 1.165) is 19.5 Å². The van der Waals surface area contributed by atoms with Crippen molar-refractivity contribution in [2.75, 3.05) is 45.8 Å². The van der Waals surface area contributed by atoms with Gasteiger partial charge in [0.1, 0.15) is 0 Å². The van der Waals surface area contributed by atoms with Gasteiger partial charge in [-0.1, -0.05) is 13.8 Å². The zero-order valence-corrected chi connectivity index (χ0v) is 12.5. The molecular weight excluding hydrogens is 258 g/mol. The molecule has 0 aromatic carbocycles. The Morgan fingerprint density at radius 1 is 1.05 bits per heavy atom. The van der Waals surface area contributed by atoms with Gasteiger partial charge in [-0.3, -0.25) is 9.69 Å². The highest BCUT2D eigenvalue weighted by Gasteiger charge is 2.32. The molecule has 0 saturated carbocycles. The summed E-state index contributed by atoms with van der Waals surface area (Å²) in [6.07, 6.45) is 2.24. The highest BCUT2D eigenvalue weighted by Crippen LogP contribution is 2.29. The molecule has 20 heavy (non-hydrogen) atoms. The zero-order valence-electron chi connectivity index (χ0n) is 12.5. The van der Waals surface area contributed by atoms with Crippen LogP contribution in [0.15, 0.2) is 0 Å². The average Bonchev–Trinajstić information content (AvgIpc) is 2.37. The van der Waals surface area contributed by atoms with Crippen LogP contribution >= 0.6 is 0 Å². The second kappa shape index (κ2) is 5.99. The van der Waals surface area contributed by atoms with Gasteiger partial charge in [0, 0.05) is 39.3 Å². The Labute approximate surface area is 120 Å². The summed E-state index contributed by atoms with van der Waals surface area (Å²) in [7, 11) is 0. The first-order valence-corrected chi connectivity index (χ1v) is 7.35. The summed E-state index contributed by atoms with van der Waals surface area (Å²) in [5, 5.41) is 8.77. The van der Waals surface area contributed by atoms with Crippen LogP contribution in [0, 0.1) is 5.41 Å². The molecule has 0 spiro atoms. The fourth-order valence-electron chi connectivity index (χ4n) is 3.08. The Morgan fingerprint density at radius 2 is 1.70 bits per heavy atom. The van der Waals surface area contributed by atoms with Gasteiger partial charge >= 0.3 is 12.0 Å². The second-order valence-corrected chi connectivity index (χ2v) is 6.63. The Kier molecular flexibility index (Phi) is 4.52. The lowest BCUT2D eigenvalue weighted by Gasteiger charge is -2.42. The molecule has 0 radical (unpaired) electrons. The molecule has 2 heterocycles. The SMILES string of the molecule is CC1(C)CCCN(C(=O)N2CCN(CC(=O)O)CC2)C1. The maximum absolute atomic E-state index is 12.5. The van der Waals surface area contributed by atoms with E-state index in [1.165, 1.54) is 6.42 Å². The van der Waals surface area contributed by atoms with E-state index in [9.17, 15) is 9.59 Å². The maximum Gasteiger partial charge on any atom is 0.320 e. The number of urea groups is 1. The number of amides is 2. The number of carbonyl (C=O) groups excluding carboxylic acids is 1. The molecule has 1 N–H and O–H groups in total. The van der Waals surface area contributed by atoms with Crippen LogP contribution in [0.5, 0.6) is 0 Å². The zero-order chi connectivity index (χ0) is 14.8. The molecule has 6 heteroatoms. The molecule has 2 saturated heterocycles. The largest absolute Gasteiger partial charge is 0.480 e. The molecule has 0 atom stereocenters. The Morgan fingerprint density at radius 3 is 2.25 bits per heavy atom. The quantitative estimate of drug-likeness (QED) is 0.819. The van der Waals surface area contributed by atoms with Crippen LogP contribution in [-0.2, 0) is 4.79 Å². The summed E-state index contributed by atoms with van der Waals surface area (Å²) >= 11 is 0. The van der Waals surface area contributed by atoms with Gasteiger partial charge < -0.3 is 14.9 Å². The predicted octanol–water partition coefficient (Wildman–Crippen LogP) is 0.931. The van der Waals surface area contributed by atoms with Gasteiger partial charge in [0.25, 0.3) is 0 Å². The Hall–Kier alpha value is -1.30. The van der Waals surface area contributed by atoms with Gasteiger partial charge in [-0.15, -0.1) is 0 Å². The summed E-state index contributed by atoms with van der Waals surface area (Å²) in [6.45, 7) is 8.70. The van der Waals surface area contributed by atoms with Crippen molar-refractivity contribution in [2.24, 2.45) is 5.41 Å². The number of nitrogens with zero attached hydrogens (tertiary/aromatic N) is 3. The van der Waals surface area contributed by atoms with Crippen LogP contribution in [0.4, 0.5) is 4.79 Å². The van der Waals surface area contributed by atoms with Gasteiger partial charge in [0.15, 0.2) is 0 Å². The lowest BCUT2D eigenvalue weighted by molar-refractivity contribution is -0.138. The van der Waals surface area contributed by atoms with Crippen molar-refractivity contribution >= 4 is 12.0 Å². The molecule has 0 aromatic heterocycles. The normalized spacial score (nSPS) is 23.7. The van der Waals surface area contributed by atoms with Crippen LogP contribution in [-0.4, -0.2) is 77.6 Å². The lowest BCUT2D eigenvalue weighted by Crippen LogP contribution is -2.55. The van der Waals surface area contributed by atoms with Crippen molar-refractivity contribution in [1.29, 1.82) is 0 Å². The molecule has 2 aliphatic rings. The fraction of sp³-hybridized carbons (Fsp3) is 0.857. The summed E-state index contributed by atoms with van der Waals surface area (Å²) < 4.78 is 0. The van der Waals surface area contributed by atoms with E-state index in [1.54, 1.807) is 0 Å². The number of aliphatic carboxylic acids is 1. The van der Waals surface area contributed by atoms with E-state index in [1.807, 2.05) is 14.7 Å². The van der Waals surface area contributed by atoms with Gasteiger partial charge in [-0.25, -0.2) is 4.79 Å². The molecule has 2 fully saturated rings. The molecule has 0 aromatic rings.